The Morgan fingerprint density at radius 3 is 1.20 bits per heavy atom. The first-order valence-corrected chi connectivity index (χ1v) is 6.52. The van der Waals surface area contributed by atoms with Gasteiger partial charge in [-0.3, -0.25) is 0 Å². The summed E-state index contributed by atoms with van der Waals surface area (Å²) in [6.45, 7) is 3.66. The van der Waals surface area contributed by atoms with Crippen molar-refractivity contribution in [1.29, 1.82) is 10.5 Å². The Morgan fingerprint density at radius 1 is 0.650 bits per heavy atom. The third-order valence-corrected chi connectivity index (χ3v) is 4.15. The van der Waals surface area contributed by atoms with Gasteiger partial charge in [-0.1, -0.05) is 60.7 Å². The van der Waals surface area contributed by atoms with Crippen LogP contribution in [-0.2, 0) is 10.8 Å². The van der Waals surface area contributed by atoms with Crippen LogP contribution >= 0.6 is 0 Å². The second-order valence-corrected chi connectivity index (χ2v) is 5.21. The molecule has 0 amide bonds. The second-order valence-electron chi connectivity index (χ2n) is 5.21. The average Bonchev–Trinajstić information content (AvgIpc) is 2.54. The van der Waals surface area contributed by atoms with Crippen LogP contribution in [0, 0.1) is 22.7 Å². The van der Waals surface area contributed by atoms with E-state index >= 15 is 0 Å². The molecule has 2 nitrogen and oxygen atoms in total. The molecule has 0 aromatic heterocycles. The lowest BCUT2D eigenvalue weighted by Crippen LogP contribution is -2.43. The quantitative estimate of drug-likeness (QED) is 0.838. The molecule has 0 heterocycles. The standard InChI is InChI=1S/C18H16N2/c1-17(13-19,15-9-5-3-6-10-15)18(2,14-20)16-11-7-4-8-12-16/h3-12H,1-2H3/t17-,18+. The Morgan fingerprint density at radius 2 is 0.950 bits per heavy atom. The van der Waals surface area contributed by atoms with Crippen molar-refractivity contribution in [3.05, 3.63) is 71.8 Å². The third kappa shape index (κ3) is 1.96. The largest absolute Gasteiger partial charge is 0.197 e. The van der Waals surface area contributed by atoms with Crippen molar-refractivity contribution in [1.82, 2.24) is 0 Å². The summed E-state index contributed by atoms with van der Waals surface area (Å²) < 4.78 is 0. The summed E-state index contributed by atoms with van der Waals surface area (Å²) in [6, 6.07) is 23.7. The van der Waals surface area contributed by atoms with Crippen LogP contribution in [0.25, 0.3) is 0 Å². The molecule has 0 saturated carbocycles. The maximum Gasteiger partial charge on any atom is 0.102 e. The van der Waals surface area contributed by atoms with Gasteiger partial charge >= 0.3 is 0 Å². The molecule has 0 N–H and O–H groups in total. The molecule has 0 saturated heterocycles. The van der Waals surface area contributed by atoms with Crippen LogP contribution in [0.4, 0.5) is 0 Å². The summed E-state index contributed by atoms with van der Waals surface area (Å²) in [4.78, 5) is 0. The van der Waals surface area contributed by atoms with Crippen molar-refractivity contribution >= 4 is 0 Å². The van der Waals surface area contributed by atoms with Crippen LogP contribution in [-0.4, -0.2) is 0 Å². The third-order valence-electron chi connectivity index (χ3n) is 4.15. The molecule has 0 aliphatic rings. The van der Waals surface area contributed by atoms with Crippen molar-refractivity contribution in [3.63, 3.8) is 0 Å². The molecule has 0 fully saturated rings. The second kappa shape index (κ2) is 5.19. The number of nitriles is 2. The highest BCUT2D eigenvalue weighted by molar-refractivity contribution is 5.47. The summed E-state index contributed by atoms with van der Waals surface area (Å²) in [5.74, 6) is 0. The predicted octanol–water partition coefficient (Wildman–Crippen LogP) is 3.95. The van der Waals surface area contributed by atoms with Crippen molar-refractivity contribution < 1.29 is 0 Å². The first-order chi connectivity index (χ1) is 9.58. The Labute approximate surface area is 119 Å². The maximum atomic E-state index is 9.77. The highest BCUT2D eigenvalue weighted by Crippen LogP contribution is 2.43. The van der Waals surface area contributed by atoms with E-state index in [2.05, 4.69) is 12.1 Å². The Hall–Kier alpha value is -2.58. The van der Waals surface area contributed by atoms with E-state index in [1.54, 1.807) is 0 Å². The lowest BCUT2D eigenvalue weighted by molar-refractivity contribution is 0.407. The van der Waals surface area contributed by atoms with E-state index in [0.29, 0.717) is 0 Å². The van der Waals surface area contributed by atoms with E-state index in [4.69, 9.17) is 0 Å². The molecule has 0 aliphatic heterocycles. The molecule has 98 valence electrons. The summed E-state index contributed by atoms with van der Waals surface area (Å²) in [7, 11) is 0. The van der Waals surface area contributed by atoms with Gasteiger partial charge in [-0.2, -0.15) is 10.5 Å². The first-order valence-electron chi connectivity index (χ1n) is 6.52. The van der Waals surface area contributed by atoms with E-state index in [1.807, 2.05) is 74.5 Å². The minimum Gasteiger partial charge on any atom is -0.197 e. The SMILES string of the molecule is C[C@](C#N)(c1ccccc1)[C@](C)(C#N)c1ccccc1. The molecule has 0 unspecified atom stereocenters. The smallest absolute Gasteiger partial charge is 0.102 e. The zero-order valence-corrected chi connectivity index (χ0v) is 11.7. The normalized spacial score (nSPS) is 16.2. The van der Waals surface area contributed by atoms with Crippen LogP contribution in [0.2, 0.25) is 0 Å². The summed E-state index contributed by atoms with van der Waals surface area (Å²) >= 11 is 0. The van der Waals surface area contributed by atoms with Crippen molar-refractivity contribution in [2.75, 3.05) is 0 Å². The van der Waals surface area contributed by atoms with E-state index in [1.165, 1.54) is 0 Å². The van der Waals surface area contributed by atoms with Crippen LogP contribution in [0.15, 0.2) is 60.7 Å². The topological polar surface area (TPSA) is 47.6 Å². The molecule has 20 heavy (non-hydrogen) atoms. The molecule has 0 spiro atoms. The highest BCUT2D eigenvalue weighted by Gasteiger charge is 2.48. The molecular formula is C18H16N2. The molecule has 0 aliphatic carbocycles. The van der Waals surface area contributed by atoms with Gasteiger partial charge in [-0.15, -0.1) is 0 Å². The predicted molar refractivity (Wildman–Crippen MR) is 78.8 cm³/mol. The van der Waals surface area contributed by atoms with Crippen LogP contribution in [0.1, 0.15) is 25.0 Å². The zero-order chi connectivity index (χ0) is 14.6. The lowest BCUT2D eigenvalue weighted by Gasteiger charge is -2.37. The van der Waals surface area contributed by atoms with Gasteiger partial charge in [0.2, 0.25) is 0 Å². The van der Waals surface area contributed by atoms with Gasteiger partial charge < -0.3 is 0 Å². The lowest BCUT2D eigenvalue weighted by atomic mass is 9.60. The molecule has 2 rings (SSSR count). The van der Waals surface area contributed by atoms with Gasteiger partial charge in [-0.25, -0.2) is 0 Å². The van der Waals surface area contributed by atoms with Gasteiger partial charge in [0.25, 0.3) is 0 Å². The summed E-state index contributed by atoms with van der Waals surface area (Å²) in [5, 5.41) is 19.5. The van der Waals surface area contributed by atoms with Crippen molar-refractivity contribution in [2.45, 2.75) is 24.7 Å². The van der Waals surface area contributed by atoms with Crippen LogP contribution in [0.3, 0.4) is 0 Å². The Bertz CT molecular complexity index is 603. The van der Waals surface area contributed by atoms with E-state index < -0.39 is 10.8 Å². The minimum atomic E-state index is -0.912. The zero-order valence-electron chi connectivity index (χ0n) is 11.7. The number of rotatable bonds is 3. The van der Waals surface area contributed by atoms with E-state index in [0.717, 1.165) is 11.1 Å². The number of nitrogens with zero attached hydrogens (tertiary/aromatic N) is 2. The molecule has 2 aromatic carbocycles. The van der Waals surface area contributed by atoms with E-state index in [9.17, 15) is 10.5 Å². The minimum absolute atomic E-state index is 0.857. The van der Waals surface area contributed by atoms with Crippen LogP contribution < -0.4 is 0 Å². The van der Waals surface area contributed by atoms with Gasteiger partial charge in [0.15, 0.2) is 0 Å². The first kappa shape index (κ1) is 13.8. The number of hydrogen-bond acceptors (Lipinski definition) is 2. The van der Waals surface area contributed by atoms with Crippen molar-refractivity contribution in [3.8, 4) is 12.1 Å². The fraction of sp³-hybridized carbons (Fsp3) is 0.222. The van der Waals surface area contributed by atoms with Gasteiger partial charge in [0.05, 0.1) is 12.1 Å². The number of benzene rings is 2. The molecule has 0 radical (unpaired) electrons. The molecular weight excluding hydrogens is 244 g/mol. The maximum absolute atomic E-state index is 9.77. The van der Waals surface area contributed by atoms with Gasteiger partial charge in [0, 0.05) is 0 Å². The molecule has 2 atom stereocenters. The molecule has 0 bridgehead atoms. The Kier molecular flexibility index (Phi) is 3.59. The van der Waals surface area contributed by atoms with Gasteiger partial charge in [-0.05, 0) is 25.0 Å². The molecule has 2 heteroatoms. The summed E-state index contributed by atoms with van der Waals surface area (Å²) in [5.41, 5.74) is -0.111. The highest BCUT2D eigenvalue weighted by atomic mass is 14.5. The van der Waals surface area contributed by atoms with Gasteiger partial charge in [0.1, 0.15) is 10.8 Å². The summed E-state index contributed by atoms with van der Waals surface area (Å²) in [6.07, 6.45) is 0. The van der Waals surface area contributed by atoms with Crippen LogP contribution in [0.5, 0.6) is 0 Å². The monoisotopic (exact) mass is 260 g/mol. The fourth-order valence-corrected chi connectivity index (χ4v) is 2.47. The average molecular weight is 260 g/mol. The molecule has 2 aromatic rings. The Balaban J connectivity index is 2.66. The van der Waals surface area contributed by atoms with Crippen molar-refractivity contribution in [2.24, 2.45) is 0 Å². The van der Waals surface area contributed by atoms with E-state index in [-0.39, 0.29) is 0 Å². The fourth-order valence-electron chi connectivity index (χ4n) is 2.47. The number of hydrogen-bond donors (Lipinski definition) is 0.